The molecule has 5 heteroatoms. The van der Waals surface area contributed by atoms with E-state index in [1.165, 1.54) is 0 Å². The molecule has 0 aliphatic carbocycles. The van der Waals surface area contributed by atoms with E-state index < -0.39 is 0 Å². The van der Waals surface area contributed by atoms with Gasteiger partial charge in [-0.1, -0.05) is 19.0 Å². The molecule has 0 aromatic carbocycles. The summed E-state index contributed by atoms with van der Waals surface area (Å²) in [7, 11) is 0. The Bertz CT molecular complexity index is 250. The molecule has 0 saturated carbocycles. The normalized spacial score (nSPS) is 11.1. The summed E-state index contributed by atoms with van der Waals surface area (Å²) in [5, 5.41) is 12.4. The quantitative estimate of drug-likeness (QED) is 0.783. The summed E-state index contributed by atoms with van der Waals surface area (Å²) in [6, 6.07) is 0. The number of nitrogens with zero attached hydrogens (tertiary/aromatic N) is 2. The first-order chi connectivity index (χ1) is 6.22. The van der Waals surface area contributed by atoms with E-state index in [2.05, 4.69) is 24.0 Å². The Morgan fingerprint density at radius 2 is 2.31 bits per heavy atom. The average Bonchev–Trinajstić information content (AvgIpc) is 2.52. The van der Waals surface area contributed by atoms with Crippen molar-refractivity contribution in [2.24, 2.45) is 5.92 Å². The molecule has 0 amide bonds. The van der Waals surface area contributed by atoms with Crippen molar-refractivity contribution in [3.8, 4) is 0 Å². The highest BCUT2D eigenvalue weighted by atomic mass is 32.2. The van der Waals surface area contributed by atoms with Crippen molar-refractivity contribution < 1.29 is 9.63 Å². The molecule has 74 valence electrons. The van der Waals surface area contributed by atoms with Crippen LogP contribution in [0.5, 0.6) is 0 Å². The SMILES string of the molecule is CC(C)CSCc1noc(CO)n1. The molecule has 1 aromatic rings. The summed E-state index contributed by atoms with van der Waals surface area (Å²) in [5.74, 6) is 3.47. The Morgan fingerprint density at radius 3 is 2.85 bits per heavy atom. The number of thioether (sulfide) groups is 1. The molecule has 1 N–H and O–H groups in total. The van der Waals surface area contributed by atoms with E-state index in [-0.39, 0.29) is 6.61 Å². The zero-order valence-corrected chi connectivity index (χ0v) is 8.67. The van der Waals surface area contributed by atoms with Crippen LogP contribution in [-0.2, 0) is 12.4 Å². The predicted molar refractivity (Wildman–Crippen MR) is 51.2 cm³/mol. The van der Waals surface area contributed by atoms with Crippen LogP contribution < -0.4 is 0 Å². The Labute approximate surface area is 81.7 Å². The zero-order chi connectivity index (χ0) is 9.68. The molecule has 4 nitrogen and oxygen atoms in total. The van der Waals surface area contributed by atoms with E-state index in [1.54, 1.807) is 11.8 Å². The van der Waals surface area contributed by atoms with Crippen molar-refractivity contribution in [3.63, 3.8) is 0 Å². The van der Waals surface area contributed by atoms with Crippen LogP contribution in [0, 0.1) is 5.92 Å². The Morgan fingerprint density at radius 1 is 1.54 bits per heavy atom. The van der Waals surface area contributed by atoms with E-state index in [0.717, 1.165) is 11.5 Å². The fourth-order valence-corrected chi connectivity index (χ4v) is 1.69. The summed E-state index contributed by atoms with van der Waals surface area (Å²) >= 11 is 1.77. The lowest BCUT2D eigenvalue weighted by Crippen LogP contribution is -1.93. The maximum atomic E-state index is 8.66. The van der Waals surface area contributed by atoms with Crippen LogP contribution in [-0.4, -0.2) is 21.0 Å². The van der Waals surface area contributed by atoms with Crippen molar-refractivity contribution in [1.82, 2.24) is 10.1 Å². The fraction of sp³-hybridized carbons (Fsp3) is 0.750. The highest BCUT2D eigenvalue weighted by Crippen LogP contribution is 2.12. The summed E-state index contributed by atoms with van der Waals surface area (Å²) in [4.78, 5) is 3.98. The van der Waals surface area contributed by atoms with Gasteiger partial charge in [0.05, 0.1) is 5.75 Å². The summed E-state index contributed by atoms with van der Waals surface area (Å²) in [5.41, 5.74) is 0. The molecular formula is C8H14N2O2S. The van der Waals surface area contributed by atoms with Crippen molar-refractivity contribution >= 4 is 11.8 Å². The van der Waals surface area contributed by atoms with Gasteiger partial charge in [0.25, 0.3) is 5.89 Å². The molecular weight excluding hydrogens is 188 g/mol. The molecule has 0 aliphatic rings. The maximum Gasteiger partial charge on any atom is 0.252 e. The van der Waals surface area contributed by atoms with E-state index >= 15 is 0 Å². The number of hydrogen-bond acceptors (Lipinski definition) is 5. The monoisotopic (exact) mass is 202 g/mol. The van der Waals surface area contributed by atoms with Crippen LogP contribution in [0.25, 0.3) is 0 Å². The Kier molecular flexibility index (Phi) is 4.24. The van der Waals surface area contributed by atoms with E-state index in [1.807, 2.05) is 0 Å². The number of hydrogen-bond donors (Lipinski definition) is 1. The standard InChI is InChI=1S/C8H14N2O2S/c1-6(2)4-13-5-7-9-8(3-11)12-10-7/h6,11H,3-5H2,1-2H3. The van der Waals surface area contributed by atoms with Crippen LogP contribution in [0.15, 0.2) is 4.52 Å². The predicted octanol–water partition coefficient (Wildman–Crippen LogP) is 1.45. The molecule has 0 radical (unpaired) electrons. The second kappa shape index (κ2) is 5.24. The topological polar surface area (TPSA) is 59.2 Å². The van der Waals surface area contributed by atoms with Gasteiger partial charge in [0.15, 0.2) is 5.82 Å². The van der Waals surface area contributed by atoms with Crippen molar-refractivity contribution in [2.75, 3.05) is 5.75 Å². The summed E-state index contributed by atoms with van der Waals surface area (Å²) in [6.07, 6.45) is 0. The number of aromatic nitrogens is 2. The van der Waals surface area contributed by atoms with Crippen LogP contribution in [0.1, 0.15) is 25.6 Å². The lowest BCUT2D eigenvalue weighted by molar-refractivity contribution is 0.222. The first kappa shape index (κ1) is 10.5. The minimum Gasteiger partial charge on any atom is -0.387 e. The average molecular weight is 202 g/mol. The number of rotatable bonds is 5. The van der Waals surface area contributed by atoms with Gasteiger partial charge in [-0.2, -0.15) is 16.7 Å². The van der Waals surface area contributed by atoms with Gasteiger partial charge in [0.2, 0.25) is 0 Å². The fourth-order valence-electron chi connectivity index (χ4n) is 0.799. The lowest BCUT2D eigenvalue weighted by atomic mass is 10.3. The minimum atomic E-state index is -0.179. The van der Waals surface area contributed by atoms with Gasteiger partial charge >= 0.3 is 0 Å². The highest BCUT2D eigenvalue weighted by Gasteiger charge is 2.04. The third kappa shape index (κ3) is 3.78. The largest absolute Gasteiger partial charge is 0.387 e. The summed E-state index contributed by atoms with van der Waals surface area (Å²) < 4.78 is 4.75. The van der Waals surface area contributed by atoms with Crippen molar-refractivity contribution in [1.29, 1.82) is 0 Å². The highest BCUT2D eigenvalue weighted by molar-refractivity contribution is 7.98. The molecule has 0 bridgehead atoms. The van der Waals surface area contributed by atoms with Gasteiger partial charge in [-0.25, -0.2) is 0 Å². The molecule has 0 saturated heterocycles. The van der Waals surface area contributed by atoms with Crippen LogP contribution in [0.4, 0.5) is 0 Å². The third-order valence-electron chi connectivity index (χ3n) is 1.33. The molecule has 1 aromatic heterocycles. The summed E-state index contributed by atoms with van der Waals surface area (Å²) in [6.45, 7) is 4.16. The number of aliphatic hydroxyl groups is 1. The van der Waals surface area contributed by atoms with Crippen LogP contribution >= 0.6 is 11.8 Å². The molecule has 0 fully saturated rings. The van der Waals surface area contributed by atoms with E-state index in [0.29, 0.717) is 17.6 Å². The first-order valence-electron chi connectivity index (χ1n) is 4.22. The second-order valence-corrected chi connectivity index (χ2v) is 4.20. The second-order valence-electron chi connectivity index (χ2n) is 3.17. The smallest absolute Gasteiger partial charge is 0.252 e. The molecule has 0 aliphatic heterocycles. The molecule has 0 unspecified atom stereocenters. The van der Waals surface area contributed by atoms with E-state index in [4.69, 9.17) is 9.63 Å². The van der Waals surface area contributed by atoms with Gasteiger partial charge < -0.3 is 9.63 Å². The van der Waals surface area contributed by atoms with E-state index in [9.17, 15) is 0 Å². The zero-order valence-electron chi connectivity index (χ0n) is 7.86. The first-order valence-corrected chi connectivity index (χ1v) is 5.38. The molecule has 0 spiro atoms. The van der Waals surface area contributed by atoms with Gasteiger partial charge in [-0.05, 0) is 11.7 Å². The Balaban J connectivity index is 2.28. The molecule has 1 heterocycles. The van der Waals surface area contributed by atoms with Crippen LogP contribution in [0.2, 0.25) is 0 Å². The van der Waals surface area contributed by atoms with Gasteiger partial charge in [0.1, 0.15) is 6.61 Å². The van der Waals surface area contributed by atoms with Crippen molar-refractivity contribution in [2.45, 2.75) is 26.2 Å². The maximum absolute atomic E-state index is 8.66. The molecule has 0 atom stereocenters. The lowest BCUT2D eigenvalue weighted by Gasteiger charge is -2.00. The van der Waals surface area contributed by atoms with Gasteiger partial charge in [0, 0.05) is 0 Å². The van der Waals surface area contributed by atoms with Crippen LogP contribution in [0.3, 0.4) is 0 Å². The third-order valence-corrected chi connectivity index (χ3v) is 2.69. The van der Waals surface area contributed by atoms with Gasteiger partial charge in [-0.3, -0.25) is 0 Å². The van der Waals surface area contributed by atoms with Crippen molar-refractivity contribution in [3.05, 3.63) is 11.7 Å². The molecule has 1 rings (SSSR count). The number of aliphatic hydroxyl groups excluding tert-OH is 1. The molecule has 13 heavy (non-hydrogen) atoms. The van der Waals surface area contributed by atoms with Gasteiger partial charge in [-0.15, -0.1) is 0 Å². The minimum absolute atomic E-state index is 0.179. The Hall–Kier alpha value is -0.550.